The predicted octanol–water partition coefficient (Wildman–Crippen LogP) is 0.816. The topological polar surface area (TPSA) is 131 Å². The Morgan fingerprint density at radius 3 is 2.77 bits per heavy atom. The molecule has 2 aromatic heterocycles. The summed E-state index contributed by atoms with van der Waals surface area (Å²) < 4.78 is 17.7. The number of rotatable bonds is 5. The molecule has 5 atom stereocenters. The van der Waals surface area contributed by atoms with Crippen molar-refractivity contribution >= 4 is 23.8 Å². The van der Waals surface area contributed by atoms with Crippen LogP contribution in [-0.2, 0) is 14.2 Å². The first-order valence-electron chi connectivity index (χ1n) is 9.58. The fourth-order valence-electron chi connectivity index (χ4n) is 3.89. The quantitative estimate of drug-likeness (QED) is 0.411. The van der Waals surface area contributed by atoms with Crippen LogP contribution in [0.15, 0.2) is 23.5 Å². The van der Waals surface area contributed by atoms with Gasteiger partial charge in [0.25, 0.3) is 0 Å². The van der Waals surface area contributed by atoms with E-state index < -0.39 is 35.7 Å². The van der Waals surface area contributed by atoms with Gasteiger partial charge in [-0.3, -0.25) is 0 Å². The molecule has 11 heteroatoms. The maximum absolute atomic E-state index is 11.8. The molecular formula is C19H25N5O6. The molecule has 4 rings (SSSR count). The summed E-state index contributed by atoms with van der Waals surface area (Å²) in [6, 6.07) is 3.49. The highest BCUT2D eigenvalue weighted by molar-refractivity contribution is 5.71. The monoisotopic (exact) mass is 419 g/mol. The Balaban J connectivity index is 1.59. The minimum Gasteiger partial charge on any atom is -0.432 e. The third kappa shape index (κ3) is 2.92. The Morgan fingerprint density at radius 2 is 2.17 bits per heavy atom. The van der Waals surface area contributed by atoms with Crippen LogP contribution in [0, 0.1) is 0 Å². The van der Waals surface area contributed by atoms with E-state index in [0.717, 1.165) is 0 Å². The number of ether oxygens (including phenoxy) is 3. The SMILES string of the molecule is CC(C)OC(=O)OC1[C@@]2(C)O[C@@H](c3ccc4c(/N=C\N(C)C)ncnn34)[C@H](O)[C@@]12O. The summed E-state index contributed by atoms with van der Waals surface area (Å²) in [6.07, 6.45) is -1.59. The minimum atomic E-state index is -1.75. The summed E-state index contributed by atoms with van der Waals surface area (Å²) in [5, 5.41) is 26.1. The van der Waals surface area contributed by atoms with Crippen molar-refractivity contribution < 1.29 is 29.2 Å². The molecule has 30 heavy (non-hydrogen) atoms. The standard InChI is InChI=1S/C19H25N5O6/c1-10(2)28-17(26)29-16-18(3)19(16,27)14(25)13(30-18)11-6-7-12-15(21-9-23(4)5)20-8-22-24(11)12/h6-10,13-14,16,25,27H,1-5H3/b21-9-/t13-,14-,16?,18+,19+/m0/s1. The van der Waals surface area contributed by atoms with Crippen LogP contribution in [0.5, 0.6) is 0 Å². The molecule has 2 N–H and O–H groups in total. The maximum atomic E-state index is 11.8. The van der Waals surface area contributed by atoms with Crippen LogP contribution in [-0.4, -0.2) is 85.8 Å². The lowest BCUT2D eigenvalue weighted by atomic mass is 10.0. The minimum absolute atomic E-state index is 0.367. The van der Waals surface area contributed by atoms with Gasteiger partial charge in [-0.05, 0) is 32.9 Å². The van der Waals surface area contributed by atoms with Gasteiger partial charge in [0.15, 0.2) is 17.5 Å². The second kappa shape index (κ2) is 6.89. The van der Waals surface area contributed by atoms with Gasteiger partial charge in [0.05, 0.1) is 18.1 Å². The number of aliphatic hydroxyl groups excluding tert-OH is 1. The second-order valence-corrected chi connectivity index (χ2v) is 8.18. The first-order chi connectivity index (χ1) is 14.1. The molecule has 0 radical (unpaired) electrons. The summed E-state index contributed by atoms with van der Waals surface area (Å²) in [7, 11) is 3.69. The van der Waals surface area contributed by atoms with E-state index in [4.69, 9.17) is 14.2 Å². The fourth-order valence-corrected chi connectivity index (χ4v) is 3.89. The highest BCUT2D eigenvalue weighted by Gasteiger charge is 2.87. The first kappa shape index (κ1) is 20.5. The summed E-state index contributed by atoms with van der Waals surface area (Å²) in [5.41, 5.74) is -1.88. The van der Waals surface area contributed by atoms with Crippen molar-refractivity contribution in [2.45, 2.75) is 56.4 Å². The molecular weight excluding hydrogens is 394 g/mol. The van der Waals surface area contributed by atoms with Crippen molar-refractivity contribution in [3.63, 3.8) is 0 Å². The summed E-state index contributed by atoms with van der Waals surface area (Å²) in [6.45, 7) is 4.95. The molecule has 0 aromatic carbocycles. The summed E-state index contributed by atoms with van der Waals surface area (Å²) >= 11 is 0. The number of hydrogen-bond donors (Lipinski definition) is 2. The number of nitrogens with zero attached hydrogens (tertiary/aromatic N) is 5. The lowest BCUT2D eigenvalue weighted by Gasteiger charge is -2.23. The Bertz CT molecular complexity index is 1010. The van der Waals surface area contributed by atoms with Gasteiger partial charge in [-0.15, -0.1) is 0 Å². The van der Waals surface area contributed by atoms with Crippen molar-refractivity contribution in [2.75, 3.05) is 14.1 Å². The molecule has 11 nitrogen and oxygen atoms in total. The van der Waals surface area contributed by atoms with Crippen LogP contribution in [0.25, 0.3) is 5.52 Å². The lowest BCUT2D eigenvalue weighted by Crippen LogP contribution is -2.36. The highest BCUT2D eigenvalue weighted by atomic mass is 16.8. The van der Waals surface area contributed by atoms with E-state index in [0.29, 0.717) is 17.0 Å². The van der Waals surface area contributed by atoms with E-state index in [2.05, 4.69) is 15.1 Å². The van der Waals surface area contributed by atoms with Gasteiger partial charge in [-0.25, -0.2) is 19.3 Å². The Morgan fingerprint density at radius 1 is 1.43 bits per heavy atom. The largest absolute Gasteiger partial charge is 0.509 e. The van der Waals surface area contributed by atoms with Gasteiger partial charge in [-0.1, -0.05) is 0 Å². The molecule has 1 saturated heterocycles. The average molecular weight is 419 g/mol. The van der Waals surface area contributed by atoms with Gasteiger partial charge >= 0.3 is 6.16 Å². The first-order valence-corrected chi connectivity index (χ1v) is 9.58. The second-order valence-electron chi connectivity index (χ2n) is 8.18. The molecule has 2 aromatic rings. The van der Waals surface area contributed by atoms with Gasteiger partial charge < -0.3 is 29.3 Å². The zero-order valence-electron chi connectivity index (χ0n) is 17.4. The van der Waals surface area contributed by atoms with Crippen LogP contribution in [0.1, 0.15) is 32.6 Å². The van der Waals surface area contributed by atoms with Crippen molar-refractivity contribution in [3.05, 3.63) is 24.2 Å². The zero-order chi connectivity index (χ0) is 21.8. The van der Waals surface area contributed by atoms with Crippen LogP contribution >= 0.6 is 0 Å². The van der Waals surface area contributed by atoms with Crippen molar-refractivity contribution in [3.8, 4) is 0 Å². The van der Waals surface area contributed by atoms with E-state index in [1.54, 1.807) is 48.7 Å². The Hall–Kier alpha value is -2.76. The molecule has 1 aliphatic carbocycles. The molecule has 1 saturated carbocycles. The summed E-state index contributed by atoms with van der Waals surface area (Å²) in [5.74, 6) is 0.449. The van der Waals surface area contributed by atoms with Gasteiger partial charge in [-0.2, -0.15) is 5.10 Å². The van der Waals surface area contributed by atoms with Gasteiger partial charge in [0, 0.05) is 14.1 Å². The van der Waals surface area contributed by atoms with Crippen LogP contribution in [0.4, 0.5) is 10.6 Å². The molecule has 0 spiro atoms. The van der Waals surface area contributed by atoms with Crippen LogP contribution < -0.4 is 0 Å². The molecule has 0 amide bonds. The number of carbonyl (C=O) groups excluding carboxylic acids is 1. The van der Waals surface area contributed by atoms with E-state index in [1.165, 1.54) is 6.33 Å². The molecule has 1 aliphatic heterocycles. The lowest BCUT2D eigenvalue weighted by molar-refractivity contribution is -0.0928. The van der Waals surface area contributed by atoms with Crippen molar-refractivity contribution in [1.29, 1.82) is 0 Å². The fraction of sp³-hybridized carbons (Fsp3) is 0.579. The van der Waals surface area contributed by atoms with Gasteiger partial charge in [0.1, 0.15) is 29.7 Å². The third-order valence-electron chi connectivity index (χ3n) is 5.43. The number of aromatic nitrogens is 3. The maximum Gasteiger partial charge on any atom is 0.509 e. The normalized spacial score (nSPS) is 32.6. The molecule has 2 fully saturated rings. The average Bonchev–Trinajstić information content (AvgIpc) is 2.97. The summed E-state index contributed by atoms with van der Waals surface area (Å²) in [4.78, 5) is 22.1. The molecule has 1 unspecified atom stereocenters. The smallest absolute Gasteiger partial charge is 0.432 e. The Kier molecular flexibility index (Phi) is 4.71. The number of carbonyl (C=O) groups is 1. The van der Waals surface area contributed by atoms with E-state index in [-0.39, 0.29) is 6.10 Å². The molecule has 2 aliphatic rings. The van der Waals surface area contributed by atoms with Crippen LogP contribution in [0.2, 0.25) is 0 Å². The number of aliphatic imine (C=N–C) groups is 1. The van der Waals surface area contributed by atoms with Crippen molar-refractivity contribution in [2.24, 2.45) is 4.99 Å². The molecule has 3 heterocycles. The molecule has 162 valence electrons. The zero-order valence-corrected chi connectivity index (χ0v) is 17.4. The predicted molar refractivity (Wildman–Crippen MR) is 105 cm³/mol. The highest BCUT2D eigenvalue weighted by Crippen LogP contribution is 2.64. The van der Waals surface area contributed by atoms with E-state index in [1.807, 2.05) is 14.1 Å². The van der Waals surface area contributed by atoms with Gasteiger partial charge in [0.2, 0.25) is 0 Å². The third-order valence-corrected chi connectivity index (χ3v) is 5.43. The Labute approximate surface area is 172 Å². The van der Waals surface area contributed by atoms with E-state index >= 15 is 0 Å². The number of hydrogen-bond acceptors (Lipinski definition) is 9. The number of aliphatic hydroxyl groups is 2. The number of fused-ring (bicyclic) bond motifs is 2. The van der Waals surface area contributed by atoms with Crippen LogP contribution in [0.3, 0.4) is 0 Å². The van der Waals surface area contributed by atoms with Crippen molar-refractivity contribution in [1.82, 2.24) is 19.5 Å². The van der Waals surface area contributed by atoms with E-state index in [9.17, 15) is 15.0 Å². The molecule has 0 bridgehead atoms.